The van der Waals surface area contributed by atoms with Crippen LogP contribution in [0.4, 0.5) is 5.69 Å². The predicted octanol–water partition coefficient (Wildman–Crippen LogP) is 2.61. The van der Waals surface area contributed by atoms with E-state index in [1.54, 1.807) is 0 Å². The second kappa shape index (κ2) is 6.57. The number of nitrogens with one attached hydrogen (secondary N) is 1. The third-order valence-corrected chi connectivity index (χ3v) is 4.35. The Labute approximate surface area is 136 Å². The molecule has 0 bridgehead atoms. The fourth-order valence-corrected chi connectivity index (χ4v) is 3.00. The van der Waals surface area contributed by atoms with Crippen LogP contribution in [0.2, 0.25) is 0 Å². The summed E-state index contributed by atoms with van der Waals surface area (Å²) in [5, 5.41) is 12.6. The van der Waals surface area contributed by atoms with Gasteiger partial charge in [-0.1, -0.05) is 12.1 Å². The summed E-state index contributed by atoms with van der Waals surface area (Å²) in [4.78, 5) is 14.4. The lowest BCUT2D eigenvalue weighted by Gasteiger charge is -2.33. The molecule has 0 unspecified atom stereocenters. The smallest absolute Gasteiger partial charge is 0.270 e. The lowest BCUT2D eigenvalue weighted by Crippen LogP contribution is -2.42. The number of aromatic nitrogens is 1. The summed E-state index contributed by atoms with van der Waals surface area (Å²) in [6.45, 7) is 1.47. The van der Waals surface area contributed by atoms with Crippen molar-refractivity contribution in [3.8, 4) is 6.07 Å². The summed E-state index contributed by atoms with van der Waals surface area (Å²) >= 11 is 0. The third kappa shape index (κ3) is 3.21. The van der Waals surface area contributed by atoms with E-state index in [0.29, 0.717) is 11.6 Å². The minimum absolute atomic E-state index is 0.0911. The van der Waals surface area contributed by atoms with Gasteiger partial charge in [0.2, 0.25) is 0 Å². The number of benzene rings is 1. The number of anilines is 1. The van der Waals surface area contributed by atoms with E-state index in [-0.39, 0.29) is 5.91 Å². The number of para-hydroxylation sites is 1. The summed E-state index contributed by atoms with van der Waals surface area (Å²) in [5.41, 5.74) is 2.27. The van der Waals surface area contributed by atoms with Crippen molar-refractivity contribution in [3.05, 3.63) is 53.9 Å². The van der Waals surface area contributed by atoms with E-state index in [0.717, 1.165) is 37.3 Å². The Balaban J connectivity index is 1.60. The van der Waals surface area contributed by atoms with Gasteiger partial charge >= 0.3 is 0 Å². The van der Waals surface area contributed by atoms with Crippen molar-refractivity contribution < 1.29 is 4.79 Å². The lowest BCUT2D eigenvalue weighted by molar-refractivity contribution is 0.0709. The van der Waals surface area contributed by atoms with E-state index in [1.807, 2.05) is 59.1 Å². The molecular formula is C18H20N4O. The Kier molecular flexibility index (Phi) is 4.33. The molecule has 5 heteroatoms. The predicted molar refractivity (Wildman–Crippen MR) is 89.1 cm³/mol. The fraction of sp³-hybridized carbons (Fsp3) is 0.333. The van der Waals surface area contributed by atoms with Gasteiger partial charge in [0.05, 0.1) is 11.3 Å². The molecule has 3 rings (SSSR count). The van der Waals surface area contributed by atoms with Gasteiger partial charge in [-0.05, 0) is 37.1 Å². The van der Waals surface area contributed by atoms with E-state index in [9.17, 15) is 4.79 Å². The minimum atomic E-state index is 0.0911. The molecule has 118 valence electrons. The number of hydrogen-bond acceptors (Lipinski definition) is 3. The number of carbonyl (C=O) groups excluding carboxylic acids is 1. The number of aryl methyl sites for hydroxylation is 1. The van der Waals surface area contributed by atoms with E-state index in [1.165, 1.54) is 0 Å². The number of piperidine rings is 1. The lowest BCUT2D eigenvalue weighted by atomic mass is 10.0. The number of hydrogen-bond donors (Lipinski definition) is 1. The zero-order valence-electron chi connectivity index (χ0n) is 13.2. The topological polar surface area (TPSA) is 61.1 Å². The van der Waals surface area contributed by atoms with Crippen LogP contribution in [0.15, 0.2) is 42.6 Å². The zero-order chi connectivity index (χ0) is 16.2. The van der Waals surface area contributed by atoms with Crippen molar-refractivity contribution in [2.45, 2.75) is 18.9 Å². The van der Waals surface area contributed by atoms with Crippen LogP contribution in [0.3, 0.4) is 0 Å². The van der Waals surface area contributed by atoms with E-state index in [4.69, 9.17) is 5.26 Å². The van der Waals surface area contributed by atoms with Gasteiger partial charge in [0.15, 0.2) is 0 Å². The van der Waals surface area contributed by atoms with Gasteiger partial charge in [0, 0.05) is 32.4 Å². The maximum absolute atomic E-state index is 12.5. The second-order valence-corrected chi connectivity index (χ2v) is 5.87. The van der Waals surface area contributed by atoms with Crippen molar-refractivity contribution in [1.82, 2.24) is 9.47 Å². The summed E-state index contributed by atoms with van der Waals surface area (Å²) in [5.74, 6) is 0.0911. The zero-order valence-corrected chi connectivity index (χ0v) is 13.2. The highest BCUT2D eigenvalue weighted by Gasteiger charge is 2.24. The molecule has 0 saturated carbocycles. The highest BCUT2D eigenvalue weighted by atomic mass is 16.2. The molecule has 1 N–H and O–H groups in total. The Morgan fingerprint density at radius 3 is 2.61 bits per heavy atom. The largest absolute Gasteiger partial charge is 0.381 e. The molecule has 1 aromatic heterocycles. The molecule has 1 amide bonds. The molecule has 1 fully saturated rings. The van der Waals surface area contributed by atoms with Gasteiger partial charge < -0.3 is 14.8 Å². The number of likely N-dealkylation sites (tertiary alicyclic amines) is 1. The molecule has 1 aromatic carbocycles. The summed E-state index contributed by atoms with van der Waals surface area (Å²) in [6, 6.07) is 13.8. The van der Waals surface area contributed by atoms with E-state index in [2.05, 4.69) is 11.4 Å². The van der Waals surface area contributed by atoms with Crippen molar-refractivity contribution in [3.63, 3.8) is 0 Å². The van der Waals surface area contributed by atoms with E-state index < -0.39 is 0 Å². The third-order valence-electron chi connectivity index (χ3n) is 4.35. The molecule has 0 aliphatic carbocycles. The van der Waals surface area contributed by atoms with Crippen molar-refractivity contribution >= 4 is 11.6 Å². The minimum Gasteiger partial charge on any atom is -0.381 e. The first-order valence-electron chi connectivity index (χ1n) is 7.85. The number of amides is 1. The molecule has 5 nitrogen and oxygen atoms in total. The van der Waals surface area contributed by atoms with E-state index >= 15 is 0 Å². The number of nitriles is 1. The van der Waals surface area contributed by atoms with Gasteiger partial charge in [0.25, 0.3) is 5.91 Å². The molecule has 1 aliphatic rings. The maximum Gasteiger partial charge on any atom is 0.270 e. The molecule has 2 aromatic rings. The normalized spacial score (nSPS) is 15.2. The molecule has 1 aliphatic heterocycles. The van der Waals surface area contributed by atoms with Crippen LogP contribution in [0.25, 0.3) is 0 Å². The quantitative estimate of drug-likeness (QED) is 0.948. The van der Waals surface area contributed by atoms with Gasteiger partial charge in [-0.15, -0.1) is 0 Å². The number of carbonyl (C=O) groups is 1. The first-order chi connectivity index (χ1) is 11.2. The first kappa shape index (κ1) is 15.2. The van der Waals surface area contributed by atoms with Crippen molar-refractivity contribution in [2.24, 2.45) is 7.05 Å². The van der Waals surface area contributed by atoms with Crippen LogP contribution in [0, 0.1) is 11.3 Å². The average molecular weight is 308 g/mol. The fourth-order valence-electron chi connectivity index (χ4n) is 3.00. The van der Waals surface area contributed by atoms with Gasteiger partial charge in [-0.2, -0.15) is 5.26 Å². The Hall–Kier alpha value is -2.74. The van der Waals surface area contributed by atoms with Gasteiger partial charge in [0.1, 0.15) is 11.8 Å². The Bertz CT molecular complexity index is 735. The van der Waals surface area contributed by atoms with Gasteiger partial charge in [-0.3, -0.25) is 4.79 Å². The highest BCUT2D eigenvalue weighted by Crippen LogP contribution is 2.20. The summed E-state index contributed by atoms with van der Waals surface area (Å²) in [6.07, 6.45) is 3.66. The van der Waals surface area contributed by atoms with Crippen molar-refractivity contribution in [2.75, 3.05) is 18.4 Å². The highest BCUT2D eigenvalue weighted by molar-refractivity contribution is 5.92. The van der Waals surface area contributed by atoms with Gasteiger partial charge in [-0.25, -0.2) is 0 Å². The number of nitrogens with zero attached hydrogens (tertiary/aromatic N) is 3. The molecule has 0 radical (unpaired) electrons. The second-order valence-electron chi connectivity index (χ2n) is 5.87. The van der Waals surface area contributed by atoms with Crippen LogP contribution in [0.5, 0.6) is 0 Å². The first-order valence-corrected chi connectivity index (χ1v) is 7.85. The SMILES string of the molecule is Cn1cccc1C(=O)N1CCC(Nc2ccccc2C#N)CC1. The van der Waals surface area contributed by atoms with Crippen LogP contribution in [0.1, 0.15) is 28.9 Å². The molecule has 1 saturated heterocycles. The molecule has 0 atom stereocenters. The van der Waals surface area contributed by atoms with Crippen molar-refractivity contribution in [1.29, 1.82) is 5.26 Å². The Morgan fingerprint density at radius 1 is 1.22 bits per heavy atom. The average Bonchev–Trinajstić information content (AvgIpc) is 3.01. The monoisotopic (exact) mass is 308 g/mol. The maximum atomic E-state index is 12.5. The van der Waals surface area contributed by atoms with Crippen LogP contribution < -0.4 is 5.32 Å². The van der Waals surface area contributed by atoms with Crippen LogP contribution >= 0.6 is 0 Å². The molecule has 0 spiro atoms. The molecule has 2 heterocycles. The van der Waals surface area contributed by atoms with Crippen LogP contribution in [-0.4, -0.2) is 34.5 Å². The Morgan fingerprint density at radius 2 is 1.96 bits per heavy atom. The summed E-state index contributed by atoms with van der Waals surface area (Å²) in [7, 11) is 1.89. The van der Waals surface area contributed by atoms with Crippen LogP contribution in [-0.2, 0) is 7.05 Å². The molecule has 23 heavy (non-hydrogen) atoms. The molecular weight excluding hydrogens is 288 g/mol. The summed E-state index contributed by atoms with van der Waals surface area (Å²) < 4.78 is 1.86. The number of rotatable bonds is 3. The standard InChI is InChI=1S/C18H20N4O/c1-21-10-4-7-17(21)18(23)22-11-8-15(9-12-22)20-16-6-3-2-5-14(16)13-19/h2-7,10,15,20H,8-9,11-12H2,1H3.